The first-order valence-electron chi connectivity index (χ1n) is 9.92. The van der Waals surface area contributed by atoms with Crippen molar-refractivity contribution in [3.05, 3.63) is 16.2 Å². The van der Waals surface area contributed by atoms with Crippen LogP contribution in [0.4, 0.5) is 4.79 Å². The summed E-state index contributed by atoms with van der Waals surface area (Å²) in [5.41, 5.74) is 0.466. The molecule has 0 fully saturated rings. The maximum absolute atomic E-state index is 12.2. The number of carbonyl (C=O) groups excluding carboxylic acids is 1. The van der Waals surface area contributed by atoms with Gasteiger partial charge in [0.15, 0.2) is 5.75 Å². The number of hydrogen-bond donors (Lipinski definition) is 1. The number of alkyl carbamates (subject to hydrolysis) is 1. The van der Waals surface area contributed by atoms with Gasteiger partial charge in [-0.2, -0.15) is 0 Å². The fourth-order valence-corrected chi connectivity index (χ4v) is 3.12. The van der Waals surface area contributed by atoms with Crippen molar-refractivity contribution >= 4 is 22.0 Å². The number of nitrogens with one attached hydrogen (secondary N) is 1. The molecular formula is C21H35BrN2O5. The third-order valence-corrected chi connectivity index (χ3v) is 4.84. The van der Waals surface area contributed by atoms with E-state index < -0.39 is 11.7 Å². The van der Waals surface area contributed by atoms with Gasteiger partial charge in [0.05, 0.1) is 13.7 Å². The highest BCUT2D eigenvalue weighted by Crippen LogP contribution is 2.31. The summed E-state index contributed by atoms with van der Waals surface area (Å²) in [7, 11) is 3.23. The first kappa shape index (κ1) is 25.5. The predicted molar refractivity (Wildman–Crippen MR) is 117 cm³/mol. The molecule has 0 saturated heterocycles. The van der Waals surface area contributed by atoms with Gasteiger partial charge in [-0.05, 0) is 67.1 Å². The highest BCUT2D eigenvalue weighted by Gasteiger charge is 2.22. The molecule has 1 aromatic heterocycles. The third kappa shape index (κ3) is 9.67. The zero-order valence-corrected chi connectivity index (χ0v) is 20.2. The number of amides is 1. The third-order valence-electron chi connectivity index (χ3n) is 4.16. The van der Waals surface area contributed by atoms with Gasteiger partial charge in [0.2, 0.25) is 0 Å². The standard InChI is InChI=1S/C21H35BrN2O5/c1-14(2)16(23-20(25)29-21(3,4)5)10-9-15-13-17(28-12-8-11-26-6)19(27-7)24-18(15)22/h13-14,16H,8-12H2,1-7H3,(H,23,25). The smallest absolute Gasteiger partial charge is 0.407 e. The van der Waals surface area contributed by atoms with Gasteiger partial charge in [-0.15, -0.1) is 0 Å². The molecule has 1 N–H and O–H groups in total. The lowest BCUT2D eigenvalue weighted by atomic mass is 9.97. The van der Waals surface area contributed by atoms with Crippen LogP contribution in [0, 0.1) is 5.92 Å². The fraction of sp³-hybridized carbons (Fsp3) is 0.714. The lowest BCUT2D eigenvalue weighted by Crippen LogP contribution is -2.42. The molecule has 0 aromatic carbocycles. The van der Waals surface area contributed by atoms with Crippen LogP contribution in [0.5, 0.6) is 11.6 Å². The quantitative estimate of drug-likeness (QED) is 0.368. The van der Waals surface area contributed by atoms with Crippen molar-refractivity contribution in [2.45, 2.75) is 65.5 Å². The molecule has 0 bridgehead atoms. The molecule has 1 amide bonds. The second kappa shape index (κ2) is 12.2. The van der Waals surface area contributed by atoms with Gasteiger partial charge in [-0.1, -0.05) is 13.8 Å². The molecule has 1 rings (SSSR count). The molecule has 1 heterocycles. The Morgan fingerprint density at radius 3 is 2.48 bits per heavy atom. The molecule has 0 aliphatic rings. The van der Waals surface area contributed by atoms with Crippen LogP contribution in [0.2, 0.25) is 0 Å². The number of carbonyl (C=O) groups is 1. The topological polar surface area (TPSA) is 78.9 Å². The van der Waals surface area contributed by atoms with Gasteiger partial charge in [0, 0.05) is 26.2 Å². The monoisotopic (exact) mass is 474 g/mol. The Hall–Kier alpha value is -1.54. The Kier molecular flexibility index (Phi) is 10.7. The molecule has 29 heavy (non-hydrogen) atoms. The Morgan fingerprint density at radius 2 is 1.93 bits per heavy atom. The molecule has 1 aromatic rings. The van der Waals surface area contributed by atoms with Crippen molar-refractivity contribution in [3.8, 4) is 11.6 Å². The van der Waals surface area contributed by atoms with E-state index in [0.29, 0.717) is 35.9 Å². The molecule has 0 saturated carbocycles. The van der Waals surface area contributed by atoms with Crippen molar-refractivity contribution in [2.24, 2.45) is 5.92 Å². The number of nitrogens with zero attached hydrogens (tertiary/aromatic N) is 1. The van der Waals surface area contributed by atoms with Gasteiger partial charge >= 0.3 is 6.09 Å². The summed E-state index contributed by atoms with van der Waals surface area (Å²) in [4.78, 5) is 16.6. The molecule has 0 spiro atoms. The van der Waals surface area contributed by atoms with Gasteiger partial charge in [0.1, 0.15) is 10.2 Å². The van der Waals surface area contributed by atoms with Crippen molar-refractivity contribution in [1.82, 2.24) is 10.3 Å². The average molecular weight is 475 g/mol. The van der Waals surface area contributed by atoms with Gasteiger partial charge in [-0.25, -0.2) is 9.78 Å². The SMILES string of the molecule is COCCCOc1cc(CCC(NC(=O)OC(C)(C)C)C(C)C)c(Br)nc1OC. The first-order chi connectivity index (χ1) is 13.6. The van der Waals surface area contributed by atoms with E-state index in [1.54, 1.807) is 14.2 Å². The largest absolute Gasteiger partial charge is 0.488 e. The summed E-state index contributed by atoms with van der Waals surface area (Å²) in [6, 6.07) is 1.91. The minimum absolute atomic E-state index is 0.0232. The van der Waals surface area contributed by atoms with Crippen molar-refractivity contribution in [2.75, 3.05) is 27.4 Å². The first-order valence-corrected chi connectivity index (χ1v) is 10.7. The van der Waals surface area contributed by atoms with E-state index in [-0.39, 0.29) is 12.0 Å². The lowest BCUT2D eigenvalue weighted by Gasteiger charge is -2.26. The Morgan fingerprint density at radius 1 is 1.24 bits per heavy atom. The average Bonchev–Trinajstić information content (AvgIpc) is 2.61. The highest BCUT2D eigenvalue weighted by molar-refractivity contribution is 9.10. The number of hydrogen-bond acceptors (Lipinski definition) is 6. The Balaban J connectivity index is 2.81. The molecule has 0 aliphatic heterocycles. The minimum atomic E-state index is -0.524. The molecule has 8 heteroatoms. The normalized spacial score (nSPS) is 12.6. The summed E-state index contributed by atoms with van der Waals surface area (Å²) >= 11 is 3.51. The predicted octanol–water partition coefficient (Wildman–Crippen LogP) is 4.75. The number of halogens is 1. The molecule has 1 atom stereocenters. The van der Waals surface area contributed by atoms with E-state index in [2.05, 4.69) is 40.1 Å². The molecular weight excluding hydrogens is 440 g/mol. The molecule has 0 aliphatic carbocycles. The zero-order chi connectivity index (χ0) is 22.0. The summed E-state index contributed by atoms with van der Waals surface area (Å²) in [5.74, 6) is 1.30. The number of aromatic nitrogens is 1. The molecule has 1 unspecified atom stereocenters. The van der Waals surface area contributed by atoms with Crippen molar-refractivity contribution < 1.29 is 23.7 Å². The number of pyridine rings is 1. The maximum Gasteiger partial charge on any atom is 0.407 e. The number of aryl methyl sites for hydroxylation is 1. The van der Waals surface area contributed by atoms with Crippen LogP contribution >= 0.6 is 15.9 Å². The number of rotatable bonds is 11. The maximum atomic E-state index is 12.2. The molecule has 166 valence electrons. The van der Waals surface area contributed by atoms with Crippen LogP contribution in [0.15, 0.2) is 10.7 Å². The van der Waals surface area contributed by atoms with E-state index in [1.165, 1.54) is 0 Å². The van der Waals surface area contributed by atoms with Crippen molar-refractivity contribution in [1.29, 1.82) is 0 Å². The van der Waals surface area contributed by atoms with Crippen LogP contribution in [0.3, 0.4) is 0 Å². The van der Waals surface area contributed by atoms with Gasteiger partial charge < -0.3 is 24.3 Å². The zero-order valence-electron chi connectivity index (χ0n) is 18.6. The van der Waals surface area contributed by atoms with E-state index in [1.807, 2.05) is 26.8 Å². The second-order valence-electron chi connectivity index (χ2n) is 8.18. The van der Waals surface area contributed by atoms with E-state index in [9.17, 15) is 4.79 Å². The lowest BCUT2D eigenvalue weighted by molar-refractivity contribution is 0.0487. The van der Waals surface area contributed by atoms with Crippen LogP contribution in [0.1, 0.15) is 53.0 Å². The van der Waals surface area contributed by atoms with E-state index in [0.717, 1.165) is 18.4 Å². The summed E-state index contributed by atoms with van der Waals surface area (Å²) in [6.07, 6.45) is 1.84. The summed E-state index contributed by atoms with van der Waals surface area (Å²) in [6.45, 7) is 10.9. The van der Waals surface area contributed by atoms with E-state index in [4.69, 9.17) is 18.9 Å². The Bertz CT molecular complexity index is 647. The molecule has 0 radical (unpaired) electrons. The van der Waals surface area contributed by atoms with Crippen LogP contribution in [0.25, 0.3) is 0 Å². The number of ether oxygens (including phenoxy) is 4. The van der Waals surface area contributed by atoms with Crippen LogP contribution in [-0.2, 0) is 15.9 Å². The Labute approximate surface area is 183 Å². The van der Waals surface area contributed by atoms with Crippen molar-refractivity contribution in [3.63, 3.8) is 0 Å². The summed E-state index contributed by atoms with van der Waals surface area (Å²) < 4.78 is 22.3. The fourth-order valence-electron chi connectivity index (χ4n) is 2.65. The van der Waals surface area contributed by atoms with E-state index >= 15 is 0 Å². The molecule has 7 nitrogen and oxygen atoms in total. The number of methoxy groups -OCH3 is 2. The highest BCUT2D eigenvalue weighted by atomic mass is 79.9. The minimum Gasteiger partial charge on any atom is -0.488 e. The van der Waals surface area contributed by atoms with Gasteiger partial charge in [0.25, 0.3) is 5.88 Å². The van der Waals surface area contributed by atoms with Crippen LogP contribution in [-0.4, -0.2) is 50.2 Å². The summed E-state index contributed by atoms with van der Waals surface area (Å²) in [5, 5.41) is 2.98. The van der Waals surface area contributed by atoms with Gasteiger partial charge in [-0.3, -0.25) is 0 Å². The second-order valence-corrected chi connectivity index (χ2v) is 8.93. The van der Waals surface area contributed by atoms with Crippen LogP contribution < -0.4 is 14.8 Å².